The van der Waals surface area contributed by atoms with E-state index in [4.69, 9.17) is 9.29 Å². The topological polar surface area (TPSA) is 93.1 Å². The SMILES string of the molecule is CC1(COS(=O)(=O)O)C=Cc2c(O)cccc2O1. The Balaban J connectivity index is 2.22. The number of rotatable bonds is 3. The summed E-state index contributed by atoms with van der Waals surface area (Å²) in [5, 5.41) is 9.59. The van der Waals surface area contributed by atoms with Crippen LogP contribution in [0.5, 0.6) is 11.5 Å². The summed E-state index contributed by atoms with van der Waals surface area (Å²) < 4.78 is 39.4. The van der Waals surface area contributed by atoms with E-state index in [1.165, 1.54) is 6.07 Å². The summed E-state index contributed by atoms with van der Waals surface area (Å²) >= 11 is 0. The third-order valence-electron chi connectivity index (χ3n) is 2.48. The minimum absolute atomic E-state index is 0.0708. The number of aromatic hydroxyl groups is 1. The van der Waals surface area contributed by atoms with Gasteiger partial charge in [-0.1, -0.05) is 6.07 Å². The van der Waals surface area contributed by atoms with E-state index in [1.54, 1.807) is 31.2 Å². The van der Waals surface area contributed by atoms with Crippen LogP contribution in [-0.4, -0.2) is 30.3 Å². The van der Waals surface area contributed by atoms with Crippen molar-refractivity contribution in [2.75, 3.05) is 6.61 Å². The lowest BCUT2D eigenvalue weighted by Gasteiger charge is -2.30. The number of phenolic OH excluding ortho intramolecular Hbond substituents is 1. The van der Waals surface area contributed by atoms with Crippen molar-refractivity contribution in [3.8, 4) is 11.5 Å². The van der Waals surface area contributed by atoms with Crippen LogP contribution in [-0.2, 0) is 14.6 Å². The quantitative estimate of drug-likeness (QED) is 0.807. The monoisotopic (exact) mass is 272 g/mol. The van der Waals surface area contributed by atoms with Gasteiger partial charge in [-0.05, 0) is 31.2 Å². The Morgan fingerprint density at radius 1 is 1.44 bits per heavy atom. The highest BCUT2D eigenvalue weighted by Gasteiger charge is 2.30. The molecule has 0 radical (unpaired) electrons. The van der Waals surface area contributed by atoms with Gasteiger partial charge < -0.3 is 9.84 Å². The van der Waals surface area contributed by atoms with Crippen LogP contribution >= 0.6 is 0 Å². The Hall–Kier alpha value is -1.57. The van der Waals surface area contributed by atoms with Crippen LogP contribution in [0.15, 0.2) is 24.3 Å². The number of fused-ring (bicyclic) bond motifs is 1. The third-order valence-corrected chi connectivity index (χ3v) is 2.90. The number of ether oxygens (including phenoxy) is 1. The van der Waals surface area contributed by atoms with Gasteiger partial charge in [0.25, 0.3) is 0 Å². The Bertz CT molecular complexity index is 592. The maximum Gasteiger partial charge on any atom is 0.397 e. The first-order valence-electron chi connectivity index (χ1n) is 5.11. The van der Waals surface area contributed by atoms with Crippen molar-refractivity contribution in [1.82, 2.24) is 0 Å². The molecule has 0 saturated carbocycles. The minimum atomic E-state index is -4.51. The van der Waals surface area contributed by atoms with Gasteiger partial charge >= 0.3 is 10.4 Å². The van der Waals surface area contributed by atoms with Crippen LogP contribution in [0.3, 0.4) is 0 Å². The second kappa shape index (κ2) is 4.27. The van der Waals surface area contributed by atoms with Crippen molar-refractivity contribution in [2.45, 2.75) is 12.5 Å². The highest BCUT2D eigenvalue weighted by Crippen LogP contribution is 2.36. The largest absolute Gasteiger partial charge is 0.507 e. The summed E-state index contributed by atoms with van der Waals surface area (Å²) in [6, 6.07) is 4.77. The van der Waals surface area contributed by atoms with Gasteiger partial charge in [0, 0.05) is 0 Å². The first kappa shape index (κ1) is 12.9. The van der Waals surface area contributed by atoms with Crippen molar-refractivity contribution < 1.29 is 27.0 Å². The number of phenols is 1. The van der Waals surface area contributed by atoms with E-state index in [9.17, 15) is 13.5 Å². The van der Waals surface area contributed by atoms with E-state index in [2.05, 4.69) is 4.18 Å². The first-order valence-corrected chi connectivity index (χ1v) is 6.48. The van der Waals surface area contributed by atoms with Gasteiger partial charge in [0.05, 0.1) is 5.56 Å². The molecule has 1 unspecified atom stereocenters. The van der Waals surface area contributed by atoms with Crippen molar-refractivity contribution in [3.63, 3.8) is 0 Å². The molecule has 18 heavy (non-hydrogen) atoms. The summed E-state index contributed by atoms with van der Waals surface area (Å²) in [7, 11) is -4.51. The summed E-state index contributed by atoms with van der Waals surface area (Å²) in [6.45, 7) is 1.24. The van der Waals surface area contributed by atoms with Gasteiger partial charge in [-0.3, -0.25) is 4.55 Å². The second-order valence-corrected chi connectivity index (χ2v) is 5.22. The van der Waals surface area contributed by atoms with E-state index in [-0.39, 0.29) is 12.4 Å². The molecule has 1 aliphatic rings. The van der Waals surface area contributed by atoms with Crippen molar-refractivity contribution in [3.05, 3.63) is 29.8 Å². The Kier molecular flexibility index (Phi) is 3.05. The maximum absolute atomic E-state index is 10.5. The molecule has 1 aromatic carbocycles. The Labute approximate surface area is 104 Å². The first-order chi connectivity index (χ1) is 8.29. The molecule has 0 amide bonds. The molecule has 98 valence electrons. The van der Waals surface area contributed by atoms with Crippen LogP contribution in [0.2, 0.25) is 0 Å². The number of hydrogen-bond donors (Lipinski definition) is 2. The van der Waals surface area contributed by atoms with Crippen LogP contribution in [0.4, 0.5) is 0 Å². The lowest BCUT2D eigenvalue weighted by Crippen LogP contribution is -2.38. The normalized spacial score (nSPS) is 22.3. The molecule has 0 fully saturated rings. The minimum Gasteiger partial charge on any atom is -0.507 e. The van der Waals surface area contributed by atoms with E-state index in [1.807, 2.05) is 0 Å². The Morgan fingerprint density at radius 2 is 2.17 bits per heavy atom. The van der Waals surface area contributed by atoms with E-state index >= 15 is 0 Å². The average molecular weight is 272 g/mol. The predicted octanol–water partition coefficient (Wildman–Crippen LogP) is 1.38. The van der Waals surface area contributed by atoms with Crippen LogP contribution in [0.25, 0.3) is 6.08 Å². The van der Waals surface area contributed by atoms with Gasteiger partial charge in [-0.15, -0.1) is 0 Å². The van der Waals surface area contributed by atoms with E-state index in [0.717, 1.165) is 0 Å². The van der Waals surface area contributed by atoms with Gasteiger partial charge in [-0.2, -0.15) is 8.42 Å². The predicted molar refractivity (Wildman–Crippen MR) is 63.7 cm³/mol. The fourth-order valence-corrected chi connectivity index (χ4v) is 1.99. The van der Waals surface area contributed by atoms with Crippen molar-refractivity contribution in [1.29, 1.82) is 0 Å². The second-order valence-electron chi connectivity index (χ2n) is 4.13. The average Bonchev–Trinajstić information content (AvgIpc) is 2.26. The zero-order valence-electron chi connectivity index (χ0n) is 9.53. The summed E-state index contributed by atoms with van der Waals surface area (Å²) in [6.07, 6.45) is 3.17. The molecule has 1 heterocycles. The summed E-state index contributed by atoms with van der Waals surface area (Å²) in [4.78, 5) is 0. The third kappa shape index (κ3) is 2.81. The summed E-state index contributed by atoms with van der Waals surface area (Å²) in [5.41, 5.74) is -0.516. The highest BCUT2D eigenvalue weighted by molar-refractivity contribution is 7.80. The van der Waals surface area contributed by atoms with Crippen LogP contribution in [0, 0.1) is 0 Å². The summed E-state index contributed by atoms with van der Waals surface area (Å²) in [5.74, 6) is 0.487. The molecule has 0 bridgehead atoms. The lowest BCUT2D eigenvalue weighted by molar-refractivity contribution is 0.0720. The number of hydrogen-bond acceptors (Lipinski definition) is 5. The van der Waals surface area contributed by atoms with E-state index < -0.39 is 16.0 Å². The zero-order valence-corrected chi connectivity index (χ0v) is 10.3. The molecule has 2 rings (SSSR count). The zero-order chi connectivity index (χ0) is 13.4. The fourth-order valence-electron chi connectivity index (χ4n) is 1.60. The van der Waals surface area contributed by atoms with Gasteiger partial charge in [0.15, 0.2) is 0 Å². The molecular weight excluding hydrogens is 260 g/mol. The van der Waals surface area contributed by atoms with Crippen LogP contribution in [0.1, 0.15) is 12.5 Å². The molecule has 1 atom stereocenters. The van der Waals surface area contributed by atoms with Crippen LogP contribution < -0.4 is 4.74 Å². The molecular formula is C11H12O6S. The fraction of sp³-hybridized carbons (Fsp3) is 0.273. The van der Waals surface area contributed by atoms with E-state index in [0.29, 0.717) is 11.3 Å². The van der Waals surface area contributed by atoms with Gasteiger partial charge in [0.2, 0.25) is 0 Å². The molecule has 0 saturated heterocycles. The molecule has 0 aliphatic carbocycles. The molecule has 1 aliphatic heterocycles. The van der Waals surface area contributed by atoms with Gasteiger partial charge in [0.1, 0.15) is 23.7 Å². The van der Waals surface area contributed by atoms with Crippen molar-refractivity contribution in [2.24, 2.45) is 0 Å². The lowest BCUT2D eigenvalue weighted by atomic mass is 10.0. The maximum atomic E-state index is 10.5. The standard InChI is InChI=1S/C11H12O6S/c1-11(7-16-18(13,14)15)6-5-8-9(12)3-2-4-10(8)17-11/h2-6,12H,7H2,1H3,(H,13,14,15). The Morgan fingerprint density at radius 3 is 2.83 bits per heavy atom. The highest BCUT2D eigenvalue weighted by atomic mass is 32.3. The molecule has 6 nitrogen and oxygen atoms in total. The molecule has 7 heteroatoms. The molecule has 2 N–H and O–H groups in total. The molecule has 0 spiro atoms. The smallest absolute Gasteiger partial charge is 0.397 e. The molecule has 0 aromatic heterocycles. The van der Waals surface area contributed by atoms with Crippen molar-refractivity contribution >= 4 is 16.5 Å². The van der Waals surface area contributed by atoms with Gasteiger partial charge in [-0.25, -0.2) is 4.18 Å². The number of benzene rings is 1. The molecule has 1 aromatic rings.